The summed E-state index contributed by atoms with van der Waals surface area (Å²) in [5.74, 6) is 0. The highest BCUT2D eigenvalue weighted by Gasteiger charge is 2.27. The number of nitrogens with zero attached hydrogens (tertiary/aromatic N) is 2. The van der Waals surface area contributed by atoms with Crippen molar-refractivity contribution in [2.75, 3.05) is 33.7 Å². The second kappa shape index (κ2) is 7.29. The van der Waals surface area contributed by atoms with Gasteiger partial charge < -0.3 is 10.6 Å². The zero-order chi connectivity index (χ0) is 15.4. The summed E-state index contributed by atoms with van der Waals surface area (Å²) in [6, 6.07) is 7.25. The normalized spacial score (nSPS) is 22.0. The zero-order valence-corrected chi connectivity index (χ0v) is 12.8. The van der Waals surface area contributed by atoms with Crippen molar-refractivity contribution in [3.05, 3.63) is 35.4 Å². The van der Waals surface area contributed by atoms with Crippen LogP contribution in [0.4, 0.5) is 8.78 Å². The van der Waals surface area contributed by atoms with Gasteiger partial charge in [0, 0.05) is 30.7 Å². The number of alkyl halides is 2. The van der Waals surface area contributed by atoms with Crippen LogP contribution in [0, 0.1) is 0 Å². The van der Waals surface area contributed by atoms with Crippen molar-refractivity contribution in [1.29, 1.82) is 0 Å². The van der Waals surface area contributed by atoms with E-state index in [1.165, 1.54) is 18.6 Å². The first kappa shape index (κ1) is 16.3. The van der Waals surface area contributed by atoms with E-state index in [0.717, 1.165) is 25.1 Å². The van der Waals surface area contributed by atoms with Crippen molar-refractivity contribution >= 4 is 0 Å². The van der Waals surface area contributed by atoms with E-state index < -0.39 is 6.43 Å². The lowest BCUT2D eigenvalue weighted by Gasteiger charge is -2.40. The number of nitrogens with two attached hydrogens (primary N) is 1. The molecule has 2 unspecified atom stereocenters. The molecule has 0 radical (unpaired) electrons. The third-order valence-electron chi connectivity index (χ3n) is 4.40. The molecule has 21 heavy (non-hydrogen) atoms. The number of likely N-dealkylation sites (tertiary alicyclic amines) is 1. The Labute approximate surface area is 125 Å². The first-order chi connectivity index (χ1) is 10.0. The standard InChI is InChI=1S/C16H25F2N3/c1-20(2)14-4-3-9-21(11-14)15(10-19)12-5-7-13(8-6-12)16(17)18/h5-8,14-16H,3-4,9-11,19H2,1-2H3. The Morgan fingerprint density at radius 2 is 1.86 bits per heavy atom. The Hall–Kier alpha value is -1.04. The molecule has 2 atom stereocenters. The van der Waals surface area contributed by atoms with Gasteiger partial charge in [0.05, 0.1) is 0 Å². The molecule has 2 rings (SSSR count). The molecule has 0 saturated carbocycles. The van der Waals surface area contributed by atoms with E-state index in [2.05, 4.69) is 23.9 Å². The van der Waals surface area contributed by atoms with Crippen molar-refractivity contribution in [3.63, 3.8) is 0 Å². The number of piperidine rings is 1. The number of likely N-dealkylation sites (N-methyl/N-ethyl adjacent to an activating group) is 1. The molecule has 5 heteroatoms. The van der Waals surface area contributed by atoms with Crippen molar-refractivity contribution in [3.8, 4) is 0 Å². The molecule has 118 valence electrons. The molecular weight excluding hydrogens is 272 g/mol. The maximum atomic E-state index is 12.6. The minimum Gasteiger partial charge on any atom is -0.329 e. The molecule has 1 heterocycles. The van der Waals surface area contributed by atoms with Crippen molar-refractivity contribution < 1.29 is 8.78 Å². The van der Waals surface area contributed by atoms with Crippen LogP contribution >= 0.6 is 0 Å². The van der Waals surface area contributed by atoms with Crippen molar-refractivity contribution in [1.82, 2.24) is 9.80 Å². The van der Waals surface area contributed by atoms with Gasteiger partial charge in [-0.3, -0.25) is 4.90 Å². The molecule has 1 fully saturated rings. The lowest BCUT2D eigenvalue weighted by molar-refractivity contribution is 0.0983. The monoisotopic (exact) mass is 297 g/mol. The summed E-state index contributed by atoms with van der Waals surface area (Å²) in [4.78, 5) is 4.63. The third-order valence-corrected chi connectivity index (χ3v) is 4.40. The Bertz CT molecular complexity index is 434. The van der Waals surface area contributed by atoms with Gasteiger partial charge in [-0.05, 0) is 39.0 Å². The molecular formula is C16H25F2N3. The van der Waals surface area contributed by atoms with Gasteiger partial charge in [-0.25, -0.2) is 8.78 Å². The maximum absolute atomic E-state index is 12.6. The molecule has 0 amide bonds. The largest absolute Gasteiger partial charge is 0.329 e. The van der Waals surface area contributed by atoms with Crippen molar-refractivity contribution in [2.45, 2.75) is 31.4 Å². The summed E-state index contributed by atoms with van der Waals surface area (Å²) in [5, 5.41) is 0. The first-order valence-corrected chi connectivity index (χ1v) is 7.51. The van der Waals surface area contributed by atoms with Gasteiger partial charge >= 0.3 is 0 Å². The number of hydrogen-bond acceptors (Lipinski definition) is 3. The summed E-state index contributed by atoms with van der Waals surface area (Å²) >= 11 is 0. The van der Waals surface area contributed by atoms with E-state index in [0.29, 0.717) is 12.6 Å². The van der Waals surface area contributed by atoms with Gasteiger partial charge in [-0.15, -0.1) is 0 Å². The summed E-state index contributed by atoms with van der Waals surface area (Å²) < 4.78 is 25.3. The molecule has 1 saturated heterocycles. The highest BCUT2D eigenvalue weighted by molar-refractivity contribution is 5.26. The number of benzene rings is 1. The fourth-order valence-corrected chi connectivity index (χ4v) is 3.05. The van der Waals surface area contributed by atoms with Crippen LogP contribution in [0.15, 0.2) is 24.3 Å². The lowest BCUT2D eigenvalue weighted by Crippen LogP contribution is -2.47. The van der Waals surface area contributed by atoms with Gasteiger partial charge in [-0.1, -0.05) is 24.3 Å². The zero-order valence-electron chi connectivity index (χ0n) is 12.8. The van der Waals surface area contributed by atoms with Crippen molar-refractivity contribution in [2.24, 2.45) is 5.73 Å². The second-order valence-corrected chi connectivity index (χ2v) is 5.97. The molecule has 1 aliphatic heterocycles. The van der Waals surface area contributed by atoms with Crippen LogP contribution in [0.2, 0.25) is 0 Å². The summed E-state index contributed by atoms with van der Waals surface area (Å²) in [6.45, 7) is 2.50. The first-order valence-electron chi connectivity index (χ1n) is 7.51. The van der Waals surface area contributed by atoms with Gasteiger partial charge in [0.2, 0.25) is 0 Å². The van der Waals surface area contributed by atoms with E-state index in [9.17, 15) is 8.78 Å². The lowest BCUT2D eigenvalue weighted by atomic mass is 9.98. The molecule has 1 aliphatic rings. The van der Waals surface area contributed by atoms with Crippen LogP contribution in [0.25, 0.3) is 0 Å². The molecule has 0 bridgehead atoms. The van der Waals surface area contributed by atoms with E-state index in [4.69, 9.17) is 5.73 Å². The van der Waals surface area contributed by atoms with Crippen LogP contribution in [0.5, 0.6) is 0 Å². The Morgan fingerprint density at radius 3 is 2.38 bits per heavy atom. The van der Waals surface area contributed by atoms with E-state index in [-0.39, 0.29) is 11.6 Å². The van der Waals surface area contributed by atoms with Gasteiger partial charge in [0.1, 0.15) is 0 Å². The van der Waals surface area contributed by atoms with Crippen LogP contribution in [-0.2, 0) is 0 Å². The number of rotatable bonds is 5. The molecule has 0 aliphatic carbocycles. The molecule has 0 spiro atoms. The SMILES string of the molecule is CN(C)C1CCCN(C(CN)c2ccc(C(F)F)cc2)C1. The maximum Gasteiger partial charge on any atom is 0.263 e. The fourth-order valence-electron chi connectivity index (χ4n) is 3.05. The van der Waals surface area contributed by atoms with E-state index in [1.807, 2.05) is 0 Å². The summed E-state index contributed by atoms with van der Waals surface area (Å²) in [5.41, 5.74) is 7.05. The summed E-state index contributed by atoms with van der Waals surface area (Å²) in [7, 11) is 4.20. The molecule has 1 aromatic carbocycles. The van der Waals surface area contributed by atoms with Gasteiger partial charge in [0.25, 0.3) is 6.43 Å². The highest BCUT2D eigenvalue weighted by atomic mass is 19.3. The minimum absolute atomic E-state index is 0.0688. The number of halogens is 2. The highest BCUT2D eigenvalue weighted by Crippen LogP contribution is 2.27. The topological polar surface area (TPSA) is 32.5 Å². The van der Waals surface area contributed by atoms with Gasteiger partial charge in [-0.2, -0.15) is 0 Å². The Kier molecular flexibility index (Phi) is 5.67. The summed E-state index contributed by atoms with van der Waals surface area (Å²) in [6.07, 6.45) is -0.0666. The Morgan fingerprint density at radius 1 is 1.24 bits per heavy atom. The van der Waals surface area contributed by atoms with Crippen LogP contribution in [-0.4, -0.2) is 49.6 Å². The predicted octanol–water partition coefficient (Wildman–Crippen LogP) is 2.65. The molecule has 3 nitrogen and oxygen atoms in total. The van der Waals surface area contributed by atoms with E-state index in [1.54, 1.807) is 12.1 Å². The van der Waals surface area contributed by atoms with E-state index >= 15 is 0 Å². The Balaban J connectivity index is 2.11. The van der Waals surface area contributed by atoms with Crippen LogP contribution in [0.3, 0.4) is 0 Å². The third kappa shape index (κ3) is 3.99. The molecule has 1 aromatic rings. The average Bonchev–Trinajstić information content (AvgIpc) is 2.49. The number of hydrogen-bond donors (Lipinski definition) is 1. The smallest absolute Gasteiger partial charge is 0.263 e. The second-order valence-electron chi connectivity index (χ2n) is 5.97. The molecule has 0 aromatic heterocycles. The molecule has 2 N–H and O–H groups in total. The van der Waals surface area contributed by atoms with Gasteiger partial charge in [0.15, 0.2) is 0 Å². The predicted molar refractivity (Wildman–Crippen MR) is 81.5 cm³/mol. The van der Waals surface area contributed by atoms with Crippen LogP contribution < -0.4 is 5.73 Å². The quantitative estimate of drug-likeness (QED) is 0.907. The fraction of sp³-hybridized carbons (Fsp3) is 0.625. The minimum atomic E-state index is -2.41. The average molecular weight is 297 g/mol. The van der Waals surface area contributed by atoms with Crippen LogP contribution in [0.1, 0.15) is 36.4 Å².